The molecule has 0 fully saturated rings. The van der Waals surface area contributed by atoms with Crippen molar-refractivity contribution in [3.63, 3.8) is 0 Å². The smallest absolute Gasteiger partial charge is 0.119 e. The first kappa shape index (κ1) is 15.5. The molecule has 1 aromatic heterocycles. The second kappa shape index (κ2) is 5.86. The Morgan fingerprint density at radius 3 is 2.14 bits per heavy atom. The predicted molar refractivity (Wildman–Crippen MR) is 87.4 cm³/mol. The molecule has 3 nitrogen and oxygen atoms in total. The van der Waals surface area contributed by atoms with Gasteiger partial charge in [-0.05, 0) is 70.5 Å². The molecule has 0 saturated carbocycles. The third-order valence-corrected chi connectivity index (χ3v) is 3.30. The Bertz CT molecular complexity index is 610. The van der Waals surface area contributed by atoms with Gasteiger partial charge in [-0.2, -0.15) is 0 Å². The fourth-order valence-corrected chi connectivity index (χ4v) is 2.38. The Balaban J connectivity index is 2.28. The van der Waals surface area contributed by atoms with Gasteiger partial charge in [-0.25, -0.2) is 0 Å². The van der Waals surface area contributed by atoms with Crippen LogP contribution in [0.15, 0.2) is 36.4 Å². The van der Waals surface area contributed by atoms with Crippen LogP contribution in [0.4, 0.5) is 0 Å². The first-order chi connectivity index (χ1) is 9.77. The monoisotopic (exact) mass is 284 g/mol. The van der Waals surface area contributed by atoms with E-state index in [1.54, 1.807) is 0 Å². The zero-order chi connectivity index (χ0) is 15.6. The molecule has 0 amide bonds. The number of aromatic nitrogens is 1. The van der Waals surface area contributed by atoms with E-state index in [9.17, 15) is 0 Å². The Kier molecular flexibility index (Phi) is 4.33. The van der Waals surface area contributed by atoms with Gasteiger partial charge in [0.15, 0.2) is 0 Å². The summed E-state index contributed by atoms with van der Waals surface area (Å²) in [6.07, 6.45) is 0.183. The van der Waals surface area contributed by atoms with Crippen LogP contribution in [0.5, 0.6) is 5.75 Å². The van der Waals surface area contributed by atoms with Gasteiger partial charge in [0.05, 0.1) is 11.8 Å². The molecular weight excluding hydrogens is 260 g/mol. The number of hydrogen-bond donors (Lipinski definition) is 1. The van der Waals surface area contributed by atoms with Crippen LogP contribution >= 0.6 is 0 Å². The Labute approximate surface area is 127 Å². The number of aryl methyl sites for hydroxylation is 1. The summed E-state index contributed by atoms with van der Waals surface area (Å²) >= 11 is 0. The van der Waals surface area contributed by atoms with Gasteiger partial charge in [0.2, 0.25) is 0 Å². The maximum atomic E-state index is 6.16. The summed E-state index contributed by atoms with van der Waals surface area (Å²) in [5, 5.41) is 0. The highest BCUT2D eigenvalue weighted by molar-refractivity contribution is 5.61. The van der Waals surface area contributed by atoms with Gasteiger partial charge in [0.1, 0.15) is 5.75 Å². The molecule has 1 aromatic carbocycles. The molecule has 0 atom stereocenters. The van der Waals surface area contributed by atoms with E-state index >= 15 is 0 Å². The van der Waals surface area contributed by atoms with Crippen LogP contribution < -0.4 is 10.5 Å². The van der Waals surface area contributed by atoms with E-state index in [1.807, 2.05) is 65.0 Å². The minimum absolute atomic E-state index is 0.183. The molecule has 0 aliphatic rings. The summed E-state index contributed by atoms with van der Waals surface area (Å²) in [6.45, 7) is 10.0. The zero-order valence-corrected chi connectivity index (χ0v) is 13.5. The Hall–Kier alpha value is -1.87. The maximum Gasteiger partial charge on any atom is 0.119 e. The summed E-state index contributed by atoms with van der Waals surface area (Å²) in [7, 11) is 0. The highest BCUT2D eigenvalue weighted by atomic mass is 16.5. The third-order valence-electron chi connectivity index (χ3n) is 3.30. The highest BCUT2D eigenvalue weighted by Crippen LogP contribution is 2.25. The maximum absolute atomic E-state index is 6.16. The lowest BCUT2D eigenvalue weighted by atomic mass is 9.93. The third kappa shape index (κ3) is 3.82. The normalized spacial score (nSPS) is 11.8. The van der Waals surface area contributed by atoms with Crippen LogP contribution in [0.3, 0.4) is 0 Å². The molecule has 0 radical (unpaired) electrons. The molecule has 112 valence electrons. The van der Waals surface area contributed by atoms with E-state index in [-0.39, 0.29) is 11.6 Å². The first-order valence-electron chi connectivity index (χ1n) is 7.31. The van der Waals surface area contributed by atoms with Crippen LogP contribution in [0.25, 0.3) is 11.3 Å². The van der Waals surface area contributed by atoms with Gasteiger partial charge in [-0.3, -0.25) is 4.98 Å². The van der Waals surface area contributed by atoms with Crippen LogP contribution in [-0.4, -0.2) is 11.1 Å². The minimum Gasteiger partial charge on any atom is -0.491 e. The summed E-state index contributed by atoms with van der Waals surface area (Å²) in [4.78, 5) is 4.68. The second-order valence-corrected chi connectivity index (χ2v) is 6.24. The average molecular weight is 284 g/mol. The molecule has 0 aliphatic carbocycles. The molecule has 1 heterocycles. The molecular formula is C18H24N2O. The van der Waals surface area contributed by atoms with Gasteiger partial charge >= 0.3 is 0 Å². The van der Waals surface area contributed by atoms with Gasteiger partial charge < -0.3 is 10.5 Å². The lowest BCUT2D eigenvalue weighted by Gasteiger charge is -2.21. The number of rotatable bonds is 4. The molecule has 0 saturated heterocycles. The van der Waals surface area contributed by atoms with E-state index in [4.69, 9.17) is 10.5 Å². The average Bonchev–Trinajstić information content (AvgIpc) is 2.37. The second-order valence-electron chi connectivity index (χ2n) is 6.24. The van der Waals surface area contributed by atoms with Gasteiger partial charge in [-0.1, -0.05) is 6.07 Å². The molecule has 0 bridgehead atoms. The van der Waals surface area contributed by atoms with Crippen molar-refractivity contribution in [2.75, 3.05) is 0 Å². The summed E-state index contributed by atoms with van der Waals surface area (Å²) in [5.41, 5.74) is 9.87. The van der Waals surface area contributed by atoms with Crippen LogP contribution in [-0.2, 0) is 5.54 Å². The molecule has 3 heteroatoms. The SMILES string of the molecule is Cc1nc(-c2ccc(OC(C)C)cc2)ccc1C(C)(C)N. The summed E-state index contributed by atoms with van der Waals surface area (Å²) in [6, 6.07) is 12.1. The van der Waals surface area contributed by atoms with Crippen molar-refractivity contribution in [3.05, 3.63) is 47.7 Å². The molecule has 0 spiro atoms. The van der Waals surface area contributed by atoms with Crippen molar-refractivity contribution in [3.8, 4) is 17.0 Å². The first-order valence-corrected chi connectivity index (χ1v) is 7.31. The fourth-order valence-electron chi connectivity index (χ4n) is 2.38. The highest BCUT2D eigenvalue weighted by Gasteiger charge is 2.17. The van der Waals surface area contributed by atoms with Gasteiger partial charge in [0.25, 0.3) is 0 Å². The summed E-state index contributed by atoms with van der Waals surface area (Å²) < 4.78 is 5.66. The van der Waals surface area contributed by atoms with Crippen molar-refractivity contribution in [2.24, 2.45) is 5.73 Å². The lowest BCUT2D eigenvalue weighted by molar-refractivity contribution is 0.242. The molecule has 2 N–H and O–H groups in total. The number of nitrogens with zero attached hydrogens (tertiary/aromatic N) is 1. The van der Waals surface area contributed by atoms with Gasteiger partial charge in [0, 0.05) is 16.8 Å². The van der Waals surface area contributed by atoms with Crippen molar-refractivity contribution in [1.82, 2.24) is 4.98 Å². The van der Waals surface area contributed by atoms with Crippen LogP contribution in [0.1, 0.15) is 39.0 Å². The Morgan fingerprint density at radius 1 is 1.05 bits per heavy atom. The van der Waals surface area contributed by atoms with Gasteiger partial charge in [-0.15, -0.1) is 0 Å². The lowest BCUT2D eigenvalue weighted by Crippen LogP contribution is -2.29. The minimum atomic E-state index is -0.370. The van der Waals surface area contributed by atoms with Crippen molar-refractivity contribution < 1.29 is 4.74 Å². The van der Waals surface area contributed by atoms with Crippen molar-refractivity contribution in [1.29, 1.82) is 0 Å². The largest absolute Gasteiger partial charge is 0.491 e. The van der Waals surface area contributed by atoms with E-state index in [1.165, 1.54) is 0 Å². The number of pyridine rings is 1. The quantitative estimate of drug-likeness (QED) is 0.921. The molecule has 0 unspecified atom stereocenters. The Morgan fingerprint density at radius 2 is 1.67 bits per heavy atom. The number of ether oxygens (including phenoxy) is 1. The number of benzene rings is 1. The summed E-state index contributed by atoms with van der Waals surface area (Å²) in [5.74, 6) is 0.880. The standard InChI is InChI=1S/C18H24N2O/c1-12(2)21-15-8-6-14(7-9-15)17-11-10-16(13(3)20-17)18(4,5)19/h6-12H,19H2,1-5H3. The molecule has 0 aliphatic heterocycles. The fraction of sp³-hybridized carbons (Fsp3) is 0.389. The molecule has 2 rings (SSSR count). The predicted octanol–water partition coefficient (Wildman–Crippen LogP) is 4.04. The van der Waals surface area contributed by atoms with Crippen LogP contribution in [0.2, 0.25) is 0 Å². The molecule has 2 aromatic rings. The topological polar surface area (TPSA) is 48.1 Å². The van der Waals surface area contributed by atoms with Crippen molar-refractivity contribution >= 4 is 0 Å². The van der Waals surface area contributed by atoms with E-state index in [0.717, 1.165) is 28.3 Å². The number of nitrogens with two attached hydrogens (primary N) is 1. The zero-order valence-electron chi connectivity index (χ0n) is 13.5. The van der Waals surface area contributed by atoms with Crippen LogP contribution in [0, 0.1) is 6.92 Å². The van der Waals surface area contributed by atoms with E-state index < -0.39 is 0 Å². The van der Waals surface area contributed by atoms with Crippen molar-refractivity contribution in [2.45, 2.75) is 46.3 Å². The van der Waals surface area contributed by atoms with E-state index in [0.29, 0.717) is 0 Å². The number of hydrogen-bond acceptors (Lipinski definition) is 3. The molecule has 21 heavy (non-hydrogen) atoms. The van der Waals surface area contributed by atoms with E-state index in [2.05, 4.69) is 11.1 Å².